The molecular weight excluding hydrogens is 112 g/mol. The van der Waals surface area contributed by atoms with E-state index < -0.39 is 0 Å². The molecule has 0 spiro atoms. The van der Waals surface area contributed by atoms with Gasteiger partial charge >= 0.3 is 0 Å². The molecule has 1 nitrogen and oxygen atoms in total. The van der Waals surface area contributed by atoms with Crippen molar-refractivity contribution < 1.29 is 4.74 Å². The molecule has 1 heteroatoms. The van der Waals surface area contributed by atoms with Gasteiger partial charge in [-0.15, -0.1) is 0 Å². The molecule has 0 saturated carbocycles. The monoisotopic (exact) mass is 124 g/mol. The maximum atomic E-state index is 4.97. The summed E-state index contributed by atoms with van der Waals surface area (Å²) in [7, 11) is 0. The second-order valence-corrected chi connectivity index (χ2v) is 1.46. The van der Waals surface area contributed by atoms with Gasteiger partial charge in [0.05, 0.1) is 0 Å². The first-order valence-corrected chi connectivity index (χ1v) is 3.09. The van der Waals surface area contributed by atoms with Crippen molar-refractivity contribution in [2.24, 2.45) is 0 Å². The van der Waals surface area contributed by atoms with Crippen LogP contribution >= 0.6 is 0 Å². The molecule has 0 N–H and O–H groups in total. The largest absolute Gasteiger partial charge is 0.369 e. The zero-order valence-electron chi connectivity index (χ0n) is 5.98. The van der Waals surface area contributed by atoms with Gasteiger partial charge < -0.3 is 4.74 Å². The van der Waals surface area contributed by atoms with Gasteiger partial charge in [-0.1, -0.05) is 17.9 Å². The van der Waals surface area contributed by atoms with Crippen molar-refractivity contribution in [3.63, 3.8) is 0 Å². The van der Waals surface area contributed by atoms with Crippen LogP contribution in [0.1, 0.15) is 13.8 Å². The van der Waals surface area contributed by atoms with Crippen LogP contribution in [0, 0.1) is 11.8 Å². The van der Waals surface area contributed by atoms with Crippen LogP contribution in [0.4, 0.5) is 0 Å². The summed E-state index contributed by atoms with van der Waals surface area (Å²) in [4.78, 5) is 0. The summed E-state index contributed by atoms with van der Waals surface area (Å²) in [6.07, 6.45) is 3.71. The quantitative estimate of drug-likeness (QED) is 0.401. The van der Waals surface area contributed by atoms with Gasteiger partial charge in [-0.3, -0.25) is 0 Å². The third kappa shape index (κ3) is 7.26. The van der Waals surface area contributed by atoms with Gasteiger partial charge in [0.25, 0.3) is 0 Å². The molecule has 0 amide bonds. The Morgan fingerprint density at radius 3 is 2.89 bits per heavy atom. The molecule has 0 aromatic rings. The smallest absolute Gasteiger partial charge is 0.108 e. The van der Waals surface area contributed by atoms with Crippen molar-refractivity contribution in [1.29, 1.82) is 0 Å². The van der Waals surface area contributed by atoms with E-state index >= 15 is 0 Å². The summed E-state index contributed by atoms with van der Waals surface area (Å²) in [6, 6.07) is 0. The third-order valence-electron chi connectivity index (χ3n) is 0.730. The molecule has 0 fully saturated rings. The molecule has 0 bridgehead atoms. The first-order chi connectivity index (χ1) is 4.41. The summed E-state index contributed by atoms with van der Waals surface area (Å²) in [5.41, 5.74) is 0. The second kappa shape index (κ2) is 7.26. The first-order valence-electron chi connectivity index (χ1n) is 3.09. The van der Waals surface area contributed by atoms with Gasteiger partial charge in [0.15, 0.2) is 0 Å². The van der Waals surface area contributed by atoms with Crippen LogP contribution in [-0.2, 0) is 4.74 Å². The molecule has 0 heterocycles. The third-order valence-corrected chi connectivity index (χ3v) is 0.730. The lowest BCUT2D eigenvalue weighted by molar-refractivity contribution is 0.182. The highest BCUT2D eigenvalue weighted by Gasteiger charge is 1.70. The van der Waals surface area contributed by atoms with E-state index in [0.29, 0.717) is 6.61 Å². The maximum absolute atomic E-state index is 4.97. The zero-order chi connectivity index (χ0) is 6.95. The molecule has 0 unspecified atom stereocenters. The molecule has 0 radical (unpaired) electrons. The Hall–Kier alpha value is -0.740. The standard InChI is InChI=1S/C8H12O/c1-3-5-6-7-8-9-4-2/h3,5H,4,8H2,1-2H3. The number of hydrogen-bond acceptors (Lipinski definition) is 1. The van der Waals surface area contributed by atoms with Gasteiger partial charge in [-0.2, -0.15) is 0 Å². The predicted molar refractivity (Wildman–Crippen MR) is 39.1 cm³/mol. The van der Waals surface area contributed by atoms with E-state index in [1.54, 1.807) is 6.08 Å². The lowest BCUT2D eigenvalue weighted by Gasteiger charge is -1.87. The lowest BCUT2D eigenvalue weighted by atomic mass is 10.5. The Morgan fingerprint density at radius 1 is 1.56 bits per heavy atom. The van der Waals surface area contributed by atoms with Gasteiger partial charge in [-0.25, -0.2) is 0 Å². The van der Waals surface area contributed by atoms with Crippen LogP contribution in [0.2, 0.25) is 0 Å². The van der Waals surface area contributed by atoms with Gasteiger partial charge in [0, 0.05) is 6.61 Å². The number of hydrogen-bond donors (Lipinski definition) is 0. The minimum Gasteiger partial charge on any atom is -0.369 e. The minimum atomic E-state index is 0.542. The molecule has 0 aliphatic heterocycles. The number of ether oxygens (including phenoxy) is 1. The maximum Gasteiger partial charge on any atom is 0.108 e. The summed E-state index contributed by atoms with van der Waals surface area (Å²) in [5, 5.41) is 0. The fourth-order valence-corrected chi connectivity index (χ4v) is 0.337. The summed E-state index contributed by atoms with van der Waals surface area (Å²) in [5.74, 6) is 5.64. The average molecular weight is 124 g/mol. The van der Waals surface area contributed by atoms with Crippen molar-refractivity contribution in [2.45, 2.75) is 13.8 Å². The molecule has 0 saturated heterocycles. The predicted octanol–water partition coefficient (Wildman–Crippen LogP) is 1.60. The number of rotatable bonds is 2. The van der Waals surface area contributed by atoms with E-state index in [-0.39, 0.29) is 0 Å². The molecule has 0 aliphatic rings. The van der Waals surface area contributed by atoms with E-state index in [4.69, 9.17) is 4.74 Å². The molecule has 0 aliphatic carbocycles. The molecule has 50 valence electrons. The molecule has 0 atom stereocenters. The highest BCUT2D eigenvalue weighted by atomic mass is 16.5. The molecule has 9 heavy (non-hydrogen) atoms. The van der Waals surface area contributed by atoms with E-state index in [1.807, 2.05) is 19.9 Å². The second-order valence-electron chi connectivity index (χ2n) is 1.46. The molecule has 0 rings (SSSR count). The minimum absolute atomic E-state index is 0.542. The van der Waals surface area contributed by atoms with E-state index in [9.17, 15) is 0 Å². The number of allylic oxidation sites excluding steroid dienone is 2. The SMILES string of the molecule is CC=CC#CCOCC. The normalized spacial score (nSPS) is 9.11. The van der Waals surface area contributed by atoms with Crippen molar-refractivity contribution in [3.05, 3.63) is 12.2 Å². The van der Waals surface area contributed by atoms with Crippen LogP contribution in [0.15, 0.2) is 12.2 Å². The Labute approximate surface area is 56.7 Å². The molecule has 0 aromatic heterocycles. The highest BCUT2D eigenvalue weighted by molar-refractivity contribution is 5.14. The Balaban J connectivity index is 3.16. The Bertz CT molecular complexity index is 125. The average Bonchev–Trinajstić information content (AvgIpc) is 1.89. The molecular formula is C8H12O. The zero-order valence-corrected chi connectivity index (χ0v) is 5.98. The van der Waals surface area contributed by atoms with E-state index in [0.717, 1.165) is 6.61 Å². The van der Waals surface area contributed by atoms with Crippen molar-refractivity contribution in [2.75, 3.05) is 13.2 Å². The Morgan fingerprint density at radius 2 is 2.33 bits per heavy atom. The van der Waals surface area contributed by atoms with Gasteiger partial charge in [-0.05, 0) is 19.9 Å². The topological polar surface area (TPSA) is 9.23 Å². The van der Waals surface area contributed by atoms with Gasteiger partial charge in [0.2, 0.25) is 0 Å². The van der Waals surface area contributed by atoms with Crippen LogP contribution < -0.4 is 0 Å². The van der Waals surface area contributed by atoms with Crippen molar-refractivity contribution >= 4 is 0 Å². The van der Waals surface area contributed by atoms with E-state index in [1.165, 1.54) is 0 Å². The molecule has 0 aromatic carbocycles. The van der Waals surface area contributed by atoms with Gasteiger partial charge in [0.1, 0.15) is 6.61 Å². The fourth-order valence-electron chi connectivity index (χ4n) is 0.337. The fraction of sp³-hybridized carbons (Fsp3) is 0.500. The Kier molecular flexibility index (Phi) is 6.66. The summed E-state index contributed by atoms with van der Waals surface area (Å²) in [6.45, 7) is 5.18. The first kappa shape index (κ1) is 8.26. The van der Waals surface area contributed by atoms with Crippen molar-refractivity contribution in [1.82, 2.24) is 0 Å². The van der Waals surface area contributed by atoms with Crippen LogP contribution in [-0.4, -0.2) is 13.2 Å². The van der Waals surface area contributed by atoms with Crippen molar-refractivity contribution in [3.8, 4) is 11.8 Å². The summed E-state index contributed by atoms with van der Waals surface area (Å²) < 4.78 is 4.97. The van der Waals surface area contributed by atoms with Crippen LogP contribution in [0.25, 0.3) is 0 Å². The summed E-state index contributed by atoms with van der Waals surface area (Å²) >= 11 is 0. The highest BCUT2D eigenvalue weighted by Crippen LogP contribution is 1.70. The van der Waals surface area contributed by atoms with E-state index in [2.05, 4.69) is 11.8 Å². The van der Waals surface area contributed by atoms with Crippen LogP contribution in [0.5, 0.6) is 0 Å². The van der Waals surface area contributed by atoms with Crippen LogP contribution in [0.3, 0.4) is 0 Å². The lowest BCUT2D eigenvalue weighted by Crippen LogP contribution is -1.87.